The summed E-state index contributed by atoms with van der Waals surface area (Å²) in [5, 5.41) is 21.7. The van der Waals surface area contributed by atoms with E-state index in [0.29, 0.717) is 11.1 Å². The predicted molar refractivity (Wildman–Crippen MR) is 199 cm³/mol. The Hall–Kier alpha value is -6.62. The van der Waals surface area contributed by atoms with Crippen LogP contribution in [0.4, 0.5) is 11.4 Å². The highest BCUT2D eigenvalue weighted by Crippen LogP contribution is 2.54. The highest BCUT2D eigenvalue weighted by Gasteiger charge is 2.46. The molecule has 2 heterocycles. The molecule has 0 N–H and O–H groups in total. The van der Waals surface area contributed by atoms with Crippen molar-refractivity contribution in [1.29, 1.82) is 10.5 Å². The molecule has 0 spiro atoms. The van der Waals surface area contributed by atoms with Gasteiger partial charge in [0, 0.05) is 33.6 Å². The number of nitriles is 2. The molecule has 9 rings (SSSR count). The molecular formula is C45H30N4. The van der Waals surface area contributed by atoms with Crippen LogP contribution in [-0.2, 0) is 0 Å². The molecule has 1 aliphatic carbocycles. The lowest BCUT2D eigenvalue weighted by molar-refractivity contribution is 0.542. The summed E-state index contributed by atoms with van der Waals surface area (Å²) in [5.41, 5.74) is 12.0. The van der Waals surface area contributed by atoms with Gasteiger partial charge >= 0.3 is 0 Å². The second-order valence-corrected chi connectivity index (χ2v) is 13.0. The van der Waals surface area contributed by atoms with Crippen LogP contribution >= 0.6 is 0 Å². The second kappa shape index (κ2) is 11.0. The molecule has 4 heteroatoms. The van der Waals surface area contributed by atoms with Crippen LogP contribution in [0.3, 0.4) is 0 Å². The minimum absolute atomic E-state index is 0.202. The summed E-state index contributed by atoms with van der Waals surface area (Å²) in [6.45, 7) is 2.33. The molecule has 1 aliphatic heterocycles. The van der Waals surface area contributed by atoms with Crippen molar-refractivity contribution in [3.05, 3.63) is 174 Å². The molecule has 2 unspecified atom stereocenters. The summed E-state index contributed by atoms with van der Waals surface area (Å²) in [4.78, 5) is 2.49. The zero-order valence-electron chi connectivity index (χ0n) is 26.9. The van der Waals surface area contributed by atoms with Gasteiger partial charge in [0.25, 0.3) is 0 Å². The molecule has 0 saturated carbocycles. The molecule has 49 heavy (non-hydrogen) atoms. The maximum absolute atomic E-state index is 9.97. The Balaban J connectivity index is 1.19. The van der Waals surface area contributed by atoms with Gasteiger partial charge in [0.2, 0.25) is 0 Å². The van der Waals surface area contributed by atoms with Crippen molar-refractivity contribution < 1.29 is 0 Å². The second-order valence-electron chi connectivity index (χ2n) is 13.0. The van der Waals surface area contributed by atoms with E-state index in [0.717, 1.165) is 55.4 Å². The van der Waals surface area contributed by atoms with E-state index < -0.39 is 0 Å². The average Bonchev–Trinajstić information content (AvgIpc) is 3.63. The first-order valence-electron chi connectivity index (χ1n) is 16.5. The Kier molecular flexibility index (Phi) is 6.41. The number of allylic oxidation sites excluding steroid dienone is 2. The Morgan fingerprint density at radius 3 is 2.18 bits per heavy atom. The van der Waals surface area contributed by atoms with Gasteiger partial charge in [-0.1, -0.05) is 97.1 Å². The lowest BCUT2D eigenvalue weighted by Gasteiger charge is -2.39. The van der Waals surface area contributed by atoms with E-state index in [1.54, 1.807) is 0 Å². The SMILES string of the molecule is CC12C=CC=CC1c1ccccc1N2c1cccc(-c2cccc(-c3ccc(C#N)cc3-n3c4ccccc4c4cc(C#N)ccc43)c2)c1. The number of anilines is 2. The van der Waals surface area contributed by atoms with Crippen LogP contribution in [0.15, 0.2) is 158 Å². The minimum atomic E-state index is -0.202. The molecule has 1 aromatic heterocycles. The van der Waals surface area contributed by atoms with Gasteiger partial charge in [0.15, 0.2) is 0 Å². The Labute approximate surface area is 285 Å². The first-order valence-corrected chi connectivity index (χ1v) is 16.5. The Morgan fingerprint density at radius 2 is 1.31 bits per heavy atom. The molecule has 230 valence electrons. The number of aromatic nitrogens is 1. The van der Waals surface area contributed by atoms with Crippen LogP contribution in [-0.4, -0.2) is 10.1 Å². The summed E-state index contributed by atoms with van der Waals surface area (Å²) in [5.74, 6) is 0.280. The molecule has 4 nitrogen and oxygen atoms in total. The normalized spacial score (nSPS) is 17.5. The fourth-order valence-corrected chi connectivity index (χ4v) is 8.01. The number of fused-ring (bicyclic) bond motifs is 6. The van der Waals surface area contributed by atoms with Crippen molar-refractivity contribution >= 4 is 33.2 Å². The molecular weight excluding hydrogens is 597 g/mol. The lowest BCUT2D eigenvalue weighted by Crippen LogP contribution is -2.41. The van der Waals surface area contributed by atoms with Crippen LogP contribution in [0.1, 0.15) is 29.5 Å². The monoisotopic (exact) mass is 626 g/mol. The van der Waals surface area contributed by atoms with Gasteiger partial charge in [0.1, 0.15) is 0 Å². The molecule has 0 bridgehead atoms. The van der Waals surface area contributed by atoms with E-state index in [4.69, 9.17) is 0 Å². The summed E-state index contributed by atoms with van der Waals surface area (Å²) in [6, 6.07) is 50.9. The lowest BCUT2D eigenvalue weighted by atomic mass is 9.80. The number of nitrogens with zero attached hydrogens (tertiary/aromatic N) is 4. The molecule has 2 atom stereocenters. The summed E-state index contributed by atoms with van der Waals surface area (Å²) >= 11 is 0. The fraction of sp³-hybridized carbons (Fsp3) is 0.0667. The van der Waals surface area contributed by atoms with Crippen molar-refractivity contribution in [2.24, 2.45) is 0 Å². The van der Waals surface area contributed by atoms with Gasteiger partial charge in [-0.05, 0) is 89.8 Å². The summed E-state index contributed by atoms with van der Waals surface area (Å²) < 4.78 is 2.23. The van der Waals surface area contributed by atoms with Crippen molar-refractivity contribution in [1.82, 2.24) is 4.57 Å². The molecule has 7 aromatic rings. The van der Waals surface area contributed by atoms with E-state index in [9.17, 15) is 10.5 Å². The minimum Gasteiger partial charge on any atom is -0.331 e. The largest absolute Gasteiger partial charge is 0.331 e. The molecule has 6 aromatic carbocycles. The van der Waals surface area contributed by atoms with Gasteiger partial charge in [0.05, 0.1) is 45.5 Å². The molecule has 0 amide bonds. The Bertz CT molecular complexity index is 2620. The highest BCUT2D eigenvalue weighted by molar-refractivity contribution is 6.10. The van der Waals surface area contributed by atoms with Crippen LogP contribution < -0.4 is 4.90 Å². The van der Waals surface area contributed by atoms with Crippen LogP contribution in [0, 0.1) is 22.7 Å². The zero-order valence-corrected chi connectivity index (χ0v) is 26.9. The van der Waals surface area contributed by atoms with Gasteiger partial charge < -0.3 is 9.47 Å². The van der Waals surface area contributed by atoms with Gasteiger partial charge in [-0.15, -0.1) is 0 Å². The van der Waals surface area contributed by atoms with Gasteiger partial charge in [-0.3, -0.25) is 0 Å². The van der Waals surface area contributed by atoms with Gasteiger partial charge in [-0.25, -0.2) is 0 Å². The van der Waals surface area contributed by atoms with Crippen molar-refractivity contribution in [2.75, 3.05) is 4.90 Å². The Morgan fingerprint density at radius 1 is 0.592 bits per heavy atom. The van der Waals surface area contributed by atoms with E-state index in [-0.39, 0.29) is 11.5 Å². The number of para-hydroxylation sites is 2. The number of rotatable bonds is 4. The van der Waals surface area contributed by atoms with Gasteiger partial charge in [-0.2, -0.15) is 10.5 Å². The molecule has 0 radical (unpaired) electrons. The predicted octanol–water partition coefficient (Wildman–Crippen LogP) is 11.0. The first kappa shape index (κ1) is 28.6. The van der Waals surface area contributed by atoms with Crippen molar-refractivity contribution in [2.45, 2.75) is 18.4 Å². The highest BCUT2D eigenvalue weighted by atomic mass is 15.2. The average molecular weight is 627 g/mol. The zero-order chi connectivity index (χ0) is 33.1. The van der Waals surface area contributed by atoms with E-state index >= 15 is 0 Å². The third kappa shape index (κ3) is 4.36. The number of benzene rings is 6. The van der Waals surface area contributed by atoms with Crippen molar-refractivity contribution in [3.8, 4) is 40.1 Å². The first-order chi connectivity index (χ1) is 24.1. The maximum Gasteiger partial charge on any atom is 0.0992 e. The quantitative estimate of drug-likeness (QED) is 0.195. The molecule has 0 saturated heterocycles. The smallest absolute Gasteiger partial charge is 0.0992 e. The molecule has 0 fully saturated rings. The number of hydrogen-bond donors (Lipinski definition) is 0. The van der Waals surface area contributed by atoms with E-state index in [2.05, 4.69) is 144 Å². The number of hydrogen-bond acceptors (Lipinski definition) is 3. The van der Waals surface area contributed by atoms with Crippen LogP contribution in [0.25, 0.3) is 49.7 Å². The van der Waals surface area contributed by atoms with E-state index in [1.165, 1.54) is 11.3 Å². The van der Waals surface area contributed by atoms with E-state index in [1.807, 2.05) is 42.5 Å². The summed E-state index contributed by atoms with van der Waals surface area (Å²) in [6.07, 6.45) is 8.97. The molecule has 2 aliphatic rings. The van der Waals surface area contributed by atoms with Crippen LogP contribution in [0.2, 0.25) is 0 Å². The van der Waals surface area contributed by atoms with Crippen molar-refractivity contribution in [3.63, 3.8) is 0 Å². The third-order valence-corrected chi connectivity index (χ3v) is 10.3. The maximum atomic E-state index is 9.97. The topological polar surface area (TPSA) is 55.8 Å². The standard InChI is InChI=1S/C45H30N4/c1-45-23-7-6-16-40(45)38-15-3-5-18-43(38)49(45)35-13-9-11-33(27-35)32-10-8-12-34(26-32)36-21-19-31(29-47)25-44(36)48-41-17-4-2-14-37(41)39-24-30(28-46)20-22-42(39)48/h2-27,40H,1H3. The fourth-order valence-electron chi connectivity index (χ4n) is 8.01. The van der Waals surface area contributed by atoms with Crippen LogP contribution in [0.5, 0.6) is 0 Å². The third-order valence-electron chi connectivity index (χ3n) is 10.3. The summed E-state index contributed by atoms with van der Waals surface area (Å²) in [7, 11) is 0.